The summed E-state index contributed by atoms with van der Waals surface area (Å²) in [4.78, 5) is 45.4. The highest BCUT2D eigenvalue weighted by atomic mass is 16.6. The number of amides is 2. The minimum Gasteiger partial charge on any atom is -0.508 e. The van der Waals surface area contributed by atoms with Crippen LogP contribution in [0.3, 0.4) is 0 Å². The SMILES string of the molecule is Cc1nc(CCc2ccccc2)c(=O)[nH]c1CCCCNC(=O)[C@H](Cc1ccc(O)cc1)NC(=O)OC(C)(C)C. The molecule has 2 aromatic carbocycles. The fourth-order valence-corrected chi connectivity index (χ4v) is 4.23. The van der Waals surface area contributed by atoms with Gasteiger partial charge in [-0.05, 0) is 83.1 Å². The number of carbonyl (C=O) groups is 2. The van der Waals surface area contributed by atoms with Crippen LogP contribution in [0.15, 0.2) is 59.4 Å². The maximum Gasteiger partial charge on any atom is 0.408 e. The van der Waals surface area contributed by atoms with Crippen molar-refractivity contribution in [2.75, 3.05) is 6.54 Å². The number of nitrogens with zero attached hydrogens (tertiary/aromatic N) is 1. The molecular weight excluding hydrogens is 508 g/mol. The molecule has 40 heavy (non-hydrogen) atoms. The third kappa shape index (κ3) is 10.2. The van der Waals surface area contributed by atoms with Gasteiger partial charge >= 0.3 is 6.09 Å². The lowest BCUT2D eigenvalue weighted by Crippen LogP contribution is -2.49. The number of carbonyl (C=O) groups excluding carboxylic acids is 2. The van der Waals surface area contributed by atoms with Gasteiger partial charge in [0.15, 0.2) is 0 Å². The molecule has 0 bridgehead atoms. The first-order valence-electron chi connectivity index (χ1n) is 13.7. The number of aromatic nitrogens is 2. The highest BCUT2D eigenvalue weighted by Crippen LogP contribution is 2.13. The Bertz CT molecular complexity index is 1310. The highest BCUT2D eigenvalue weighted by Gasteiger charge is 2.24. The maximum atomic E-state index is 13.0. The van der Waals surface area contributed by atoms with Crippen molar-refractivity contribution in [2.45, 2.75) is 77.9 Å². The van der Waals surface area contributed by atoms with E-state index in [-0.39, 0.29) is 23.6 Å². The number of phenolic OH excluding ortho intramolecular Hbond substituents is 1. The minimum atomic E-state index is -0.842. The van der Waals surface area contributed by atoms with Crippen molar-refractivity contribution in [1.29, 1.82) is 0 Å². The molecule has 0 unspecified atom stereocenters. The zero-order valence-corrected chi connectivity index (χ0v) is 23.8. The molecule has 1 atom stereocenters. The van der Waals surface area contributed by atoms with Gasteiger partial charge < -0.3 is 25.5 Å². The number of aromatic amines is 1. The monoisotopic (exact) mass is 548 g/mol. The Balaban J connectivity index is 1.50. The number of nitrogens with one attached hydrogen (secondary N) is 3. The lowest BCUT2D eigenvalue weighted by Gasteiger charge is -2.23. The zero-order valence-electron chi connectivity index (χ0n) is 23.8. The van der Waals surface area contributed by atoms with E-state index in [0.29, 0.717) is 31.5 Å². The molecule has 2 amide bonds. The molecule has 0 aliphatic rings. The van der Waals surface area contributed by atoms with Gasteiger partial charge in [0.2, 0.25) is 5.91 Å². The summed E-state index contributed by atoms with van der Waals surface area (Å²) in [5.74, 6) is -0.202. The van der Waals surface area contributed by atoms with Crippen LogP contribution in [0.2, 0.25) is 0 Å². The van der Waals surface area contributed by atoms with Gasteiger partial charge in [-0.2, -0.15) is 0 Å². The summed E-state index contributed by atoms with van der Waals surface area (Å²) in [7, 11) is 0. The van der Waals surface area contributed by atoms with E-state index in [2.05, 4.69) is 20.6 Å². The lowest BCUT2D eigenvalue weighted by molar-refractivity contribution is -0.123. The van der Waals surface area contributed by atoms with Crippen LogP contribution in [0, 0.1) is 6.92 Å². The lowest BCUT2D eigenvalue weighted by atomic mass is 10.0. The molecule has 0 radical (unpaired) electrons. The van der Waals surface area contributed by atoms with E-state index in [1.54, 1.807) is 32.9 Å². The smallest absolute Gasteiger partial charge is 0.408 e. The van der Waals surface area contributed by atoms with E-state index in [1.807, 2.05) is 37.3 Å². The van der Waals surface area contributed by atoms with E-state index in [1.165, 1.54) is 17.7 Å². The zero-order chi connectivity index (χ0) is 29.1. The average molecular weight is 549 g/mol. The van der Waals surface area contributed by atoms with Crippen LogP contribution >= 0.6 is 0 Å². The van der Waals surface area contributed by atoms with Crippen LogP contribution in [0.25, 0.3) is 0 Å². The van der Waals surface area contributed by atoms with Crippen LogP contribution in [0.4, 0.5) is 4.79 Å². The Labute approximate surface area is 235 Å². The minimum absolute atomic E-state index is 0.124. The number of H-pyrrole nitrogens is 1. The highest BCUT2D eigenvalue weighted by molar-refractivity contribution is 5.86. The Morgan fingerprint density at radius 1 is 0.975 bits per heavy atom. The first-order valence-corrected chi connectivity index (χ1v) is 13.7. The standard InChI is InChI=1S/C31H40N4O5/c1-21-25(34-29(38)26(33-21)18-15-22-10-6-5-7-11-22)12-8-9-19-32-28(37)27(35-30(39)40-31(2,3)4)20-23-13-16-24(36)17-14-23/h5-7,10-11,13-14,16-17,27,36H,8-9,12,15,18-20H2,1-4H3,(H,32,37)(H,34,38)(H,35,39)/t27-/m0/s1. The molecule has 0 aliphatic carbocycles. The molecule has 4 N–H and O–H groups in total. The maximum absolute atomic E-state index is 13.0. The van der Waals surface area contributed by atoms with Gasteiger partial charge in [0.1, 0.15) is 23.1 Å². The predicted molar refractivity (Wildman–Crippen MR) is 154 cm³/mol. The molecule has 3 rings (SSSR count). The number of benzene rings is 2. The van der Waals surface area contributed by atoms with Crippen LogP contribution in [0.5, 0.6) is 5.75 Å². The van der Waals surface area contributed by atoms with E-state index in [9.17, 15) is 19.5 Å². The summed E-state index contributed by atoms with van der Waals surface area (Å²) in [6, 6.07) is 15.7. The van der Waals surface area contributed by atoms with Crippen molar-refractivity contribution < 1.29 is 19.4 Å². The van der Waals surface area contributed by atoms with Crippen LogP contribution in [-0.4, -0.2) is 45.3 Å². The fourth-order valence-electron chi connectivity index (χ4n) is 4.23. The van der Waals surface area contributed by atoms with Crippen LogP contribution in [0.1, 0.15) is 61.8 Å². The van der Waals surface area contributed by atoms with Gasteiger partial charge in [-0.3, -0.25) is 14.6 Å². The van der Waals surface area contributed by atoms with Crippen molar-refractivity contribution in [2.24, 2.45) is 0 Å². The third-order valence-corrected chi connectivity index (χ3v) is 6.30. The predicted octanol–water partition coefficient (Wildman–Crippen LogP) is 4.14. The second-order valence-corrected chi connectivity index (χ2v) is 10.9. The molecule has 0 aliphatic heterocycles. The topological polar surface area (TPSA) is 133 Å². The second-order valence-electron chi connectivity index (χ2n) is 10.9. The molecule has 214 valence electrons. The summed E-state index contributed by atoms with van der Waals surface area (Å²) in [6.45, 7) is 7.57. The summed E-state index contributed by atoms with van der Waals surface area (Å²) in [6.07, 6.45) is 2.96. The number of aromatic hydroxyl groups is 1. The Morgan fingerprint density at radius 3 is 2.35 bits per heavy atom. The molecule has 0 fully saturated rings. The summed E-state index contributed by atoms with van der Waals surface area (Å²) in [5.41, 5.74) is 3.24. The largest absolute Gasteiger partial charge is 0.508 e. The average Bonchev–Trinajstić information content (AvgIpc) is 2.89. The van der Waals surface area contributed by atoms with Gasteiger partial charge in [0.25, 0.3) is 5.56 Å². The Morgan fingerprint density at radius 2 is 1.68 bits per heavy atom. The van der Waals surface area contributed by atoms with Gasteiger partial charge in [0.05, 0.1) is 5.69 Å². The molecule has 1 heterocycles. The number of alkyl carbamates (subject to hydrolysis) is 1. The Kier molecular flexibility index (Phi) is 10.9. The summed E-state index contributed by atoms with van der Waals surface area (Å²) >= 11 is 0. The van der Waals surface area contributed by atoms with Gasteiger partial charge in [0, 0.05) is 18.7 Å². The Hall–Kier alpha value is -4.14. The number of phenols is 1. The van der Waals surface area contributed by atoms with Gasteiger partial charge in [-0.1, -0.05) is 42.5 Å². The van der Waals surface area contributed by atoms with Crippen molar-refractivity contribution in [3.05, 3.63) is 93.2 Å². The fraction of sp³-hybridized carbons (Fsp3) is 0.419. The molecule has 0 spiro atoms. The number of rotatable bonds is 12. The van der Waals surface area contributed by atoms with E-state index in [0.717, 1.165) is 29.8 Å². The number of ether oxygens (including phenoxy) is 1. The van der Waals surface area contributed by atoms with E-state index < -0.39 is 17.7 Å². The first kappa shape index (κ1) is 30.4. The molecule has 0 saturated carbocycles. The molecule has 1 aromatic heterocycles. The molecule has 3 aromatic rings. The normalized spacial score (nSPS) is 12.0. The number of hydrogen-bond acceptors (Lipinski definition) is 6. The van der Waals surface area contributed by atoms with E-state index in [4.69, 9.17) is 4.74 Å². The van der Waals surface area contributed by atoms with Gasteiger partial charge in [-0.15, -0.1) is 0 Å². The van der Waals surface area contributed by atoms with E-state index >= 15 is 0 Å². The number of unbranched alkanes of at least 4 members (excludes halogenated alkanes) is 1. The summed E-state index contributed by atoms with van der Waals surface area (Å²) < 4.78 is 5.33. The van der Waals surface area contributed by atoms with Crippen molar-refractivity contribution in [3.8, 4) is 5.75 Å². The molecule has 9 nitrogen and oxygen atoms in total. The molecule has 0 saturated heterocycles. The molecule has 9 heteroatoms. The second kappa shape index (κ2) is 14.3. The van der Waals surface area contributed by atoms with Crippen molar-refractivity contribution >= 4 is 12.0 Å². The summed E-state index contributed by atoms with van der Waals surface area (Å²) in [5, 5.41) is 15.1. The number of aryl methyl sites for hydroxylation is 4. The van der Waals surface area contributed by atoms with Crippen LogP contribution < -0.4 is 16.2 Å². The molecular formula is C31H40N4O5. The van der Waals surface area contributed by atoms with Gasteiger partial charge in [-0.25, -0.2) is 4.79 Å². The van der Waals surface area contributed by atoms with Crippen LogP contribution in [-0.2, 0) is 35.2 Å². The third-order valence-electron chi connectivity index (χ3n) is 6.30. The first-order chi connectivity index (χ1) is 19.0. The van der Waals surface area contributed by atoms with Crippen molar-refractivity contribution in [1.82, 2.24) is 20.6 Å². The van der Waals surface area contributed by atoms with Crippen molar-refractivity contribution in [3.63, 3.8) is 0 Å². The quantitative estimate of drug-likeness (QED) is 0.251. The number of hydrogen-bond donors (Lipinski definition) is 4.